The predicted octanol–water partition coefficient (Wildman–Crippen LogP) is 4.31. The number of nitrogens with one attached hydrogen (secondary N) is 1. The van der Waals surface area contributed by atoms with Crippen molar-refractivity contribution in [2.75, 3.05) is 19.5 Å². The molecule has 1 amide bonds. The normalized spacial score (nSPS) is 16.2. The average molecular weight is 736 g/mol. The van der Waals surface area contributed by atoms with Crippen LogP contribution >= 0.6 is 0 Å². The van der Waals surface area contributed by atoms with E-state index in [0.717, 1.165) is 35.9 Å². The Labute approximate surface area is 302 Å². The van der Waals surface area contributed by atoms with Crippen molar-refractivity contribution in [2.45, 2.75) is 29.1 Å². The van der Waals surface area contributed by atoms with E-state index >= 15 is 0 Å². The molecule has 53 heavy (non-hydrogen) atoms. The molecule has 0 saturated carbocycles. The zero-order valence-corrected chi connectivity index (χ0v) is 29.0. The minimum Gasteiger partial charge on any atom is -0.465 e. The van der Waals surface area contributed by atoms with Crippen LogP contribution in [-0.4, -0.2) is 69.4 Å². The van der Waals surface area contributed by atoms with Crippen LogP contribution in [0.2, 0.25) is 0 Å². The summed E-state index contributed by atoms with van der Waals surface area (Å²) in [5, 5.41) is 2.45. The summed E-state index contributed by atoms with van der Waals surface area (Å²) in [6, 6.07) is 18.6. The molecule has 1 N–H and O–H groups in total. The van der Waals surface area contributed by atoms with Gasteiger partial charge < -0.3 is 14.8 Å². The highest BCUT2D eigenvalue weighted by atomic mass is 32.2. The van der Waals surface area contributed by atoms with Crippen molar-refractivity contribution >= 4 is 62.3 Å². The number of esters is 2. The third-order valence-corrected chi connectivity index (χ3v) is 10.9. The van der Waals surface area contributed by atoms with Crippen molar-refractivity contribution in [3.8, 4) is 0 Å². The van der Waals surface area contributed by atoms with Gasteiger partial charge in [0.15, 0.2) is 34.8 Å². The lowest BCUT2D eigenvalue weighted by Gasteiger charge is -2.09. The Morgan fingerprint density at radius 2 is 1.06 bits per heavy atom. The van der Waals surface area contributed by atoms with Crippen LogP contribution in [0.3, 0.4) is 0 Å². The first-order valence-electron chi connectivity index (χ1n) is 16.2. The Bertz CT molecular complexity index is 2380. The summed E-state index contributed by atoms with van der Waals surface area (Å²) in [4.78, 5) is 102. The van der Waals surface area contributed by atoms with Gasteiger partial charge in [-0.2, -0.15) is 0 Å². The minimum absolute atomic E-state index is 0.0887. The van der Waals surface area contributed by atoms with Crippen molar-refractivity contribution in [3.05, 3.63) is 124 Å². The van der Waals surface area contributed by atoms with Crippen molar-refractivity contribution in [3.63, 3.8) is 0 Å². The van der Waals surface area contributed by atoms with Gasteiger partial charge in [-0.25, -0.2) is 18.0 Å². The van der Waals surface area contributed by atoms with Gasteiger partial charge in [0.2, 0.25) is 15.7 Å². The number of sulfone groups is 1. The third kappa shape index (κ3) is 6.71. The topological polar surface area (TPSA) is 201 Å². The number of carbonyl (C=O) groups excluding carboxylic acids is 8. The second-order valence-electron chi connectivity index (χ2n) is 12.3. The van der Waals surface area contributed by atoms with E-state index in [1.807, 2.05) is 0 Å². The number of anilines is 1. The maximum atomic E-state index is 13.7. The number of benzene rings is 4. The molecule has 13 nitrogen and oxygen atoms in total. The van der Waals surface area contributed by atoms with Gasteiger partial charge in [-0.1, -0.05) is 12.1 Å². The van der Waals surface area contributed by atoms with E-state index in [2.05, 4.69) is 14.8 Å². The van der Waals surface area contributed by atoms with Gasteiger partial charge in [0.25, 0.3) is 0 Å². The number of aryl methyl sites for hydroxylation is 1. The smallest absolute Gasteiger partial charge is 0.337 e. The third-order valence-electron chi connectivity index (χ3n) is 9.13. The van der Waals surface area contributed by atoms with Crippen LogP contribution in [0.5, 0.6) is 0 Å². The molecule has 2 unspecified atom stereocenters. The van der Waals surface area contributed by atoms with Gasteiger partial charge in [0, 0.05) is 34.4 Å². The minimum atomic E-state index is -4.44. The molecule has 0 fully saturated rings. The molecule has 0 spiro atoms. The summed E-state index contributed by atoms with van der Waals surface area (Å²) in [6.07, 6.45) is 0.655. The van der Waals surface area contributed by atoms with Gasteiger partial charge in [-0.3, -0.25) is 28.8 Å². The molecular weight excluding hydrogens is 706 g/mol. The average Bonchev–Trinajstić information content (AvgIpc) is 3.57. The highest BCUT2D eigenvalue weighted by Gasteiger charge is 2.45. The van der Waals surface area contributed by atoms with Gasteiger partial charge in [-0.05, 0) is 91.2 Å². The zero-order chi connectivity index (χ0) is 38.2. The van der Waals surface area contributed by atoms with Crippen molar-refractivity contribution < 1.29 is 56.2 Å². The lowest BCUT2D eigenvalue weighted by molar-refractivity contribution is -0.120. The molecule has 14 heteroatoms. The Balaban J connectivity index is 1.15. The molecule has 4 aromatic rings. The molecular formula is C39H29NO12S. The van der Waals surface area contributed by atoms with E-state index < -0.39 is 73.3 Å². The molecule has 6 rings (SSSR count). The summed E-state index contributed by atoms with van der Waals surface area (Å²) in [7, 11) is -1.96. The molecule has 0 radical (unpaired) electrons. The maximum Gasteiger partial charge on any atom is 0.337 e. The van der Waals surface area contributed by atoms with E-state index in [1.165, 1.54) is 44.6 Å². The first-order valence-corrected chi connectivity index (χ1v) is 17.6. The lowest BCUT2D eigenvalue weighted by Crippen LogP contribution is -2.31. The largest absolute Gasteiger partial charge is 0.465 e. The number of ketones is 5. The fourth-order valence-corrected chi connectivity index (χ4v) is 7.62. The Kier molecular flexibility index (Phi) is 9.82. The lowest BCUT2D eigenvalue weighted by atomic mass is 9.94. The highest BCUT2D eigenvalue weighted by Crippen LogP contribution is 2.35. The van der Waals surface area contributed by atoms with Crippen LogP contribution in [0.4, 0.5) is 5.69 Å². The second-order valence-corrected chi connectivity index (χ2v) is 14.3. The van der Waals surface area contributed by atoms with Gasteiger partial charge in [0.1, 0.15) is 5.92 Å². The van der Waals surface area contributed by atoms with Gasteiger partial charge in [-0.15, -0.1) is 0 Å². The zero-order valence-electron chi connectivity index (χ0n) is 28.2. The van der Waals surface area contributed by atoms with Gasteiger partial charge in [0.05, 0.1) is 35.1 Å². The molecule has 4 aromatic carbocycles. The fourth-order valence-electron chi connectivity index (χ4n) is 6.30. The Morgan fingerprint density at radius 1 is 0.604 bits per heavy atom. The Morgan fingerprint density at radius 3 is 1.57 bits per heavy atom. The van der Waals surface area contributed by atoms with Crippen LogP contribution < -0.4 is 5.32 Å². The number of rotatable bonds is 11. The van der Waals surface area contributed by atoms with E-state index in [4.69, 9.17) is 0 Å². The fraction of sp³-hybridized carbons (Fsp3) is 0.179. The number of fused-ring (bicyclic) bond motifs is 2. The summed E-state index contributed by atoms with van der Waals surface area (Å²) in [5.74, 6) is -9.34. The summed E-state index contributed by atoms with van der Waals surface area (Å²) < 4.78 is 36.8. The first kappa shape index (κ1) is 36.4. The van der Waals surface area contributed by atoms with Crippen LogP contribution in [0, 0.1) is 11.8 Å². The number of hydrogen-bond acceptors (Lipinski definition) is 12. The number of hydrogen-bond donors (Lipinski definition) is 1. The van der Waals surface area contributed by atoms with E-state index in [9.17, 15) is 46.8 Å². The van der Waals surface area contributed by atoms with Crippen molar-refractivity contribution in [1.82, 2.24) is 0 Å². The van der Waals surface area contributed by atoms with E-state index in [0.29, 0.717) is 18.4 Å². The first-order chi connectivity index (χ1) is 25.3. The molecule has 0 heterocycles. The molecule has 2 aliphatic carbocycles. The molecule has 268 valence electrons. The molecule has 0 bridgehead atoms. The molecule has 0 aliphatic heterocycles. The van der Waals surface area contributed by atoms with Gasteiger partial charge >= 0.3 is 11.9 Å². The monoisotopic (exact) mass is 735 g/mol. The van der Waals surface area contributed by atoms with E-state index in [1.54, 1.807) is 24.3 Å². The number of carbonyl (C=O) groups is 8. The molecule has 2 aliphatic rings. The van der Waals surface area contributed by atoms with Crippen molar-refractivity contribution in [1.29, 1.82) is 0 Å². The molecule has 0 aromatic heterocycles. The highest BCUT2D eigenvalue weighted by molar-refractivity contribution is 7.91. The number of methoxy groups -OCH3 is 2. The predicted molar refractivity (Wildman–Crippen MR) is 185 cm³/mol. The quantitative estimate of drug-likeness (QED) is 0.169. The van der Waals surface area contributed by atoms with Crippen LogP contribution in [0.1, 0.15) is 80.6 Å². The van der Waals surface area contributed by atoms with Crippen LogP contribution in [-0.2, 0) is 35.3 Å². The number of ether oxygens (including phenoxy) is 2. The Hall–Kier alpha value is -6.41. The maximum absolute atomic E-state index is 13.7. The summed E-state index contributed by atoms with van der Waals surface area (Å²) in [5.41, 5.74) is 0.851. The second kappa shape index (κ2) is 14.3. The van der Waals surface area contributed by atoms with Crippen LogP contribution in [0.15, 0.2) is 94.7 Å². The summed E-state index contributed by atoms with van der Waals surface area (Å²) >= 11 is 0. The van der Waals surface area contributed by atoms with E-state index in [-0.39, 0.29) is 44.8 Å². The standard InChI is InChI=1S/C39H29NO12S/c1-51-38(47)21-8-6-20(7-9-21)4-3-5-30(41)31-33(42)26-16-14-24(18-28(26)35(31)44)53(49,50)25-15-17-27-29(19-25)36(45)32(34(27)43)37(46)40-23-12-10-22(11-13-23)39(48)52-2/h6-19,31-32H,3-5H2,1-2H3,(H,40,46). The van der Waals surface area contributed by atoms with Crippen molar-refractivity contribution in [2.24, 2.45) is 11.8 Å². The SMILES string of the molecule is COC(=O)c1ccc(CCCC(=O)C2C(=O)c3ccc(S(=O)(=O)c4ccc5c(c4)C(=O)C(C(=O)Nc4ccc(C(=O)OC)cc4)C5=O)cc3C2=O)cc1. The number of amides is 1. The molecule has 0 saturated heterocycles. The number of Topliss-reactive ketones (excluding diaryl/α,β-unsaturated/α-hetero) is 5. The molecule has 2 atom stereocenters. The summed E-state index contributed by atoms with van der Waals surface area (Å²) in [6.45, 7) is 0. The van der Waals surface area contributed by atoms with Crippen LogP contribution in [0.25, 0.3) is 0 Å².